The maximum Gasteiger partial charge on any atom is 0.127 e. The number of rotatable bonds is 2. The molecule has 1 aliphatic rings. The quantitative estimate of drug-likeness (QED) is 0.724. The van der Waals surface area contributed by atoms with E-state index in [4.69, 9.17) is 12.2 Å². The van der Waals surface area contributed by atoms with Gasteiger partial charge in [-0.1, -0.05) is 24.4 Å². The van der Waals surface area contributed by atoms with Crippen LogP contribution in [0.1, 0.15) is 12.5 Å². The molecule has 86 valence electrons. The summed E-state index contributed by atoms with van der Waals surface area (Å²) in [4.78, 5) is 3.23. The summed E-state index contributed by atoms with van der Waals surface area (Å²) < 4.78 is 0. The van der Waals surface area contributed by atoms with Crippen molar-refractivity contribution in [1.29, 1.82) is 0 Å². The van der Waals surface area contributed by atoms with Gasteiger partial charge in [-0.3, -0.25) is 5.01 Å². The zero-order valence-corrected chi connectivity index (χ0v) is 10.8. The molecule has 3 nitrogen and oxygen atoms in total. The van der Waals surface area contributed by atoms with Gasteiger partial charge >= 0.3 is 0 Å². The van der Waals surface area contributed by atoms with Crippen LogP contribution in [0.3, 0.4) is 0 Å². The van der Waals surface area contributed by atoms with Crippen LogP contribution in [-0.2, 0) is 0 Å². The molecule has 1 aromatic carbocycles. The van der Waals surface area contributed by atoms with Crippen molar-refractivity contribution < 1.29 is 0 Å². The number of nitrogens with zero attached hydrogens (tertiary/aromatic N) is 3. The molecule has 0 spiro atoms. The van der Waals surface area contributed by atoms with Gasteiger partial charge < -0.3 is 4.90 Å². The molecule has 0 bridgehead atoms. The minimum Gasteiger partial charge on any atom is -0.352 e. The summed E-state index contributed by atoms with van der Waals surface area (Å²) in [6, 6.07) is 8.34. The highest BCUT2D eigenvalue weighted by molar-refractivity contribution is 7.80. The van der Waals surface area contributed by atoms with Crippen molar-refractivity contribution in [2.75, 3.05) is 32.2 Å². The summed E-state index contributed by atoms with van der Waals surface area (Å²) in [6.07, 6.45) is 0. The maximum absolute atomic E-state index is 5.52. The lowest BCUT2D eigenvalue weighted by atomic mass is 10.1. The molecule has 1 aliphatic heterocycles. The third-order valence-corrected chi connectivity index (χ3v) is 3.31. The van der Waals surface area contributed by atoms with Crippen LogP contribution in [0.15, 0.2) is 24.3 Å². The number of thiocarbonyl (C=S) groups is 1. The predicted octanol–water partition coefficient (Wildman–Crippen LogP) is 1.94. The van der Waals surface area contributed by atoms with Gasteiger partial charge in [-0.25, -0.2) is 5.01 Å². The second-order valence-corrected chi connectivity index (χ2v) is 4.45. The lowest BCUT2D eigenvalue weighted by molar-refractivity contribution is 0.112. The molecular weight excluding hydrogens is 218 g/mol. The van der Waals surface area contributed by atoms with Crippen molar-refractivity contribution in [2.45, 2.75) is 6.92 Å². The van der Waals surface area contributed by atoms with Gasteiger partial charge in [0.25, 0.3) is 0 Å². The van der Waals surface area contributed by atoms with Crippen LogP contribution in [0.25, 0.3) is 0 Å². The van der Waals surface area contributed by atoms with E-state index in [1.54, 1.807) is 0 Å². The highest BCUT2D eigenvalue weighted by Crippen LogP contribution is 2.27. The Morgan fingerprint density at radius 2 is 2.00 bits per heavy atom. The summed E-state index contributed by atoms with van der Waals surface area (Å²) in [5.74, 6) is 0. The first-order chi connectivity index (χ1) is 7.65. The monoisotopic (exact) mass is 235 g/mol. The summed E-state index contributed by atoms with van der Waals surface area (Å²) in [6.45, 7) is 3.99. The van der Waals surface area contributed by atoms with E-state index in [0.717, 1.165) is 23.8 Å². The normalized spacial score (nSPS) is 15.6. The Labute approximate surface area is 102 Å². The molecule has 0 N–H and O–H groups in total. The lowest BCUT2D eigenvalue weighted by Gasteiger charge is -2.42. The summed E-state index contributed by atoms with van der Waals surface area (Å²) in [5.41, 5.74) is 2.40. The van der Waals surface area contributed by atoms with Crippen LogP contribution >= 0.6 is 12.2 Å². The lowest BCUT2D eigenvalue weighted by Crippen LogP contribution is -2.51. The second-order valence-electron chi connectivity index (χ2n) is 4.07. The van der Waals surface area contributed by atoms with Crippen molar-refractivity contribution >= 4 is 22.9 Å². The van der Waals surface area contributed by atoms with Gasteiger partial charge in [0.1, 0.15) is 11.7 Å². The molecule has 0 radical (unpaired) electrons. The molecule has 1 aromatic rings. The molecule has 1 heterocycles. The first-order valence-corrected chi connectivity index (χ1v) is 5.89. The van der Waals surface area contributed by atoms with Crippen LogP contribution in [-0.4, -0.2) is 42.3 Å². The van der Waals surface area contributed by atoms with Gasteiger partial charge in [0.2, 0.25) is 0 Å². The average molecular weight is 235 g/mol. The molecule has 0 amide bonds. The Hall–Kier alpha value is -1.13. The minimum absolute atomic E-state index is 0.833. The van der Waals surface area contributed by atoms with Gasteiger partial charge in [0, 0.05) is 31.9 Å². The zero-order valence-electron chi connectivity index (χ0n) is 9.97. The first-order valence-electron chi connectivity index (χ1n) is 5.48. The van der Waals surface area contributed by atoms with Crippen molar-refractivity contribution in [3.63, 3.8) is 0 Å². The van der Waals surface area contributed by atoms with Crippen molar-refractivity contribution in [2.24, 2.45) is 0 Å². The molecule has 2 rings (SSSR count). The third kappa shape index (κ3) is 1.79. The minimum atomic E-state index is 0.833. The Morgan fingerprint density at radius 1 is 1.31 bits per heavy atom. The van der Waals surface area contributed by atoms with E-state index in [-0.39, 0.29) is 0 Å². The fourth-order valence-electron chi connectivity index (χ4n) is 1.95. The van der Waals surface area contributed by atoms with Crippen LogP contribution < -0.4 is 4.90 Å². The molecular formula is C12H17N3S. The molecule has 16 heavy (non-hydrogen) atoms. The number of benzene rings is 1. The number of para-hydroxylation sites is 1. The van der Waals surface area contributed by atoms with Gasteiger partial charge in [-0.15, -0.1) is 0 Å². The first kappa shape index (κ1) is 11.4. The van der Waals surface area contributed by atoms with Crippen LogP contribution in [0.2, 0.25) is 0 Å². The van der Waals surface area contributed by atoms with E-state index >= 15 is 0 Å². The topological polar surface area (TPSA) is 9.72 Å². The summed E-state index contributed by atoms with van der Waals surface area (Å²) in [7, 11) is 4.04. The molecule has 0 aromatic heterocycles. The number of hydrogen-bond acceptors (Lipinski definition) is 3. The largest absolute Gasteiger partial charge is 0.352 e. The molecule has 4 heteroatoms. The smallest absolute Gasteiger partial charge is 0.127 e. The highest BCUT2D eigenvalue weighted by Gasteiger charge is 2.26. The van der Waals surface area contributed by atoms with E-state index in [1.807, 2.05) is 25.2 Å². The van der Waals surface area contributed by atoms with Crippen molar-refractivity contribution in [3.05, 3.63) is 29.8 Å². The number of anilines is 1. The van der Waals surface area contributed by atoms with Gasteiger partial charge in [0.15, 0.2) is 0 Å². The Morgan fingerprint density at radius 3 is 2.62 bits per heavy atom. The molecule has 0 fully saturated rings. The van der Waals surface area contributed by atoms with Gasteiger partial charge in [0.05, 0.1) is 0 Å². The molecule has 0 unspecified atom stereocenters. The average Bonchev–Trinajstić information content (AvgIpc) is 2.29. The summed E-state index contributed by atoms with van der Waals surface area (Å²) in [5, 5.41) is 4.15. The van der Waals surface area contributed by atoms with Gasteiger partial charge in [-0.2, -0.15) is 0 Å². The van der Waals surface area contributed by atoms with Crippen LogP contribution in [0, 0.1) is 0 Å². The van der Waals surface area contributed by atoms with Crippen molar-refractivity contribution in [1.82, 2.24) is 10.0 Å². The van der Waals surface area contributed by atoms with Crippen LogP contribution in [0.4, 0.5) is 5.69 Å². The second kappa shape index (κ2) is 4.39. The Balaban J connectivity index is 2.44. The van der Waals surface area contributed by atoms with E-state index in [2.05, 4.69) is 35.0 Å². The Bertz CT molecular complexity index is 403. The number of fused-ring (bicyclic) bond motifs is 1. The van der Waals surface area contributed by atoms with Crippen LogP contribution in [0.5, 0.6) is 0 Å². The molecule has 0 atom stereocenters. The molecule has 0 aliphatic carbocycles. The number of hydrazine groups is 1. The van der Waals surface area contributed by atoms with Crippen molar-refractivity contribution in [3.8, 4) is 0 Å². The van der Waals surface area contributed by atoms with E-state index in [1.165, 1.54) is 5.69 Å². The predicted molar refractivity (Wildman–Crippen MR) is 71.6 cm³/mol. The van der Waals surface area contributed by atoms with E-state index < -0.39 is 0 Å². The van der Waals surface area contributed by atoms with E-state index in [0.29, 0.717) is 0 Å². The SMILES string of the molecule is CCN1CN(N(C)C)C(=S)c2ccccc21. The third-order valence-electron chi connectivity index (χ3n) is 2.88. The Kier molecular flexibility index (Phi) is 3.12. The molecule has 0 saturated carbocycles. The fraction of sp³-hybridized carbons (Fsp3) is 0.417. The van der Waals surface area contributed by atoms with Gasteiger partial charge in [-0.05, 0) is 19.1 Å². The van der Waals surface area contributed by atoms with E-state index in [9.17, 15) is 0 Å². The standard InChI is InChI=1S/C12H17N3S/c1-4-14-9-15(13(2)3)12(16)10-7-5-6-8-11(10)14/h5-8H,4,9H2,1-3H3. The summed E-state index contributed by atoms with van der Waals surface area (Å²) >= 11 is 5.52. The zero-order chi connectivity index (χ0) is 11.7. The number of hydrogen-bond donors (Lipinski definition) is 0. The fourth-order valence-corrected chi connectivity index (χ4v) is 2.34. The highest BCUT2D eigenvalue weighted by atomic mass is 32.1. The molecule has 0 saturated heterocycles. The maximum atomic E-state index is 5.52.